The van der Waals surface area contributed by atoms with E-state index in [1.807, 2.05) is 17.2 Å². The summed E-state index contributed by atoms with van der Waals surface area (Å²) in [5.41, 5.74) is 1.62. The van der Waals surface area contributed by atoms with Crippen molar-refractivity contribution in [2.24, 2.45) is 5.41 Å². The number of pyridine rings is 1. The summed E-state index contributed by atoms with van der Waals surface area (Å²) in [4.78, 5) is 30.0. The molecule has 2 fully saturated rings. The zero-order valence-electron chi connectivity index (χ0n) is 17.7. The number of halogens is 3. The molecule has 31 heavy (non-hydrogen) atoms. The van der Waals surface area contributed by atoms with Gasteiger partial charge in [-0.25, -0.2) is 4.79 Å². The van der Waals surface area contributed by atoms with Crippen LogP contribution in [-0.4, -0.2) is 77.8 Å². The zero-order chi connectivity index (χ0) is 22.9. The van der Waals surface area contributed by atoms with Crippen molar-refractivity contribution in [3.8, 4) is 0 Å². The van der Waals surface area contributed by atoms with Gasteiger partial charge in [0.05, 0.1) is 18.7 Å². The van der Waals surface area contributed by atoms with Crippen LogP contribution in [0.25, 0.3) is 0 Å². The van der Waals surface area contributed by atoms with Crippen LogP contribution in [-0.2, 0) is 20.9 Å². The Bertz CT molecular complexity index is 698. The number of ether oxygens (including phenoxy) is 1. The van der Waals surface area contributed by atoms with E-state index in [0.29, 0.717) is 18.4 Å². The lowest BCUT2D eigenvalue weighted by Gasteiger charge is -2.47. The predicted molar refractivity (Wildman–Crippen MR) is 107 cm³/mol. The van der Waals surface area contributed by atoms with E-state index < -0.39 is 12.1 Å². The molecule has 0 saturated carbocycles. The van der Waals surface area contributed by atoms with Crippen LogP contribution in [0, 0.1) is 5.41 Å². The van der Waals surface area contributed by atoms with E-state index in [0.717, 1.165) is 51.3 Å². The molecular formula is C21H30F3N3O4. The molecule has 7 nitrogen and oxygen atoms in total. The Balaban J connectivity index is 0.000000423. The molecule has 3 rings (SSSR count). The minimum atomic E-state index is -5.08. The van der Waals surface area contributed by atoms with Gasteiger partial charge in [0.2, 0.25) is 5.91 Å². The summed E-state index contributed by atoms with van der Waals surface area (Å²) < 4.78 is 36.8. The maximum atomic E-state index is 12.1. The fourth-order valence-corrected chi connectivity index (χ4v) is 3.98. The lowest BCUT2D eigenvalue weighted by Crippen LogP contribution is -2.48. The van der Waals surface area contributed by atoms with E-state index in [1.165, 1.54) is 12.8 Å². The summed E-state index contributed by atoms with van der Waals surface area (Å²) in [6.45, 7) is 5.62. The smallest absolute Gasteiger partial charge is 0.475 e. The van der Waals surface area contributed by atoms with E-state index in [2.05, 4.69) is 22.0 Å². The number of carbonyl (C=O) groups excluding carboxylic acids is 1. The van der Waals surface area contributed by atoms with Crippen LogP contribution in [0.2, 0.25) is 0 Å². The van der Waals surface area contributed by atoms with Crippen LogP contribution in [0.3, 0.4) is 0 Å². The normalized spacial score (nSPS) is 18.9. The molecule has 0 unspecified atom stereocenters. The van der Waals surface area contributed by atoms with Crippen molar-refractivity contribution < 1.29 is 32.6 Å². The molecule has 0 atom stereocenters. The Labute approximate surface area is 180 Å². The molecule has 1 aromatic heterocycles. The van der Waals surface area contributed by atoms with Gasteiger partial charge < -0.3 is 14.7 Å². The molecule has 2 aliphatic heterocycles. The van der Waals surface area contributed by atoms with Crippen molar-refractivity contribution in [1.82, 2.24) is 14.8 Å². The van der Waals surface area contributed by atoms with Crippen molar-refractivity contribution in [2.45, 2.75) is 44.8 Å². The topological polar surface area (TPSA) is 83.0 Å². The highest BCUT2D eigenvalue weighted by Crippen LogP contribution is 2.41. The Morgan fingerprint density at radius 1 is 1.13 bits per heavy atom. The average molecular weight is 445 g/mol. The van der Waals surface area contributed by atoms with Crippen LogP contribution in [0.15, 0.2) is 24.4 Å². The molecule has 2 saturated heterocycles. The minimum Gasteiger partial charge on any atom is -0.475 e. The van der Waals surface area contributed by atoms with Gasteiger partial charge in [0.25, 0.3) is 0 Å². The van der Waals surface area contributed by atoms with Gasteiger partial charge in [0, 0.05) is 32.9 Å². The Morgan fingerprint density at radius 3 is 2.19 bits per heavy atom. The van der Waals surface area contributed by atoms with E-state index in [1.54, 1.807) is 7.11 Å². The third-order valence-electron chi connectivity index (χ3n) is 5.97. The maximum Gasteiger partial charge on any atom is 0.490 e. The molecule has 0 bridgehead atoms. The second-order valence-electron chi connectivity index (χ2n) is 8.02. The summed E-state index contributed by atoms with van der Waals surface area (Å²) in [5, 5.41) is 7.12. The number of alkyl halides is 3. The SMILES string of the molecule is COCCC(=O)N1CCC2(CCN(Cc3ccccn3)CC2)CC1.O=C(O)C(F)(F)F. The Hall–Kier alpha value is -2.20. The molecule has 174 valence electrons. The van der Waals surface area contributed by atoms with Gasteiger partial charge in [-0.05, 0) is 56.3 Å². The number of rotatable bonds is 5. The summed E-state index contributed by atoms with van der Waals surface area (Å²) in [5.74, 6) is -2.51. The quantitative estimate of drug-likeness (QED) is 0.751. The third-order valence-corrected chi connectivity index (χ3v) is 5.97. The minimum absolute atomic E-state index is 0.249. The first-order valence-electron chi connectivity index (χ1n) is 10.3. The number of carboxylic acid groups (broad SMARTS) is 1. The number of carboxylic acids is 1. The number of likely N-dealkylation sites (tertiary alicyclic amines) is 2. The van der Waals surface area contributed by atoms with Crippen LogP contribution in [0.1, 0.15) is 37.8 Å². The fourth-order valence-electron chi connectivity index (χ4n) is 3.98. The number of amides is 1. The molecular weight excluding hydrogens is 415 g/mol. The Kier molecular flexibility index (Phi) is 9.24. The van der Waals surface area contributed by atoms with Crippen LogP contribution < -0.4 is 0 Å². The van der Waals surface area contributed by atoms with E-state index >= 15 is 0 Å². The van der Waals surface area contributed by atoms with Crippen LogP contribution in [0.5, 0.6) is 0 Å². The largest absolute Gasteiger partial charge is 0.490 e. The van der Waals surface area contributed by atoms with Gasteiger partial charge in [0.1, 0.15) is 0 Å². The number of hydrogen-bond donors (Lipinski definition) is 1. The number of piperidine rings is 2. The molecule has 10 heteroatoms. The van der Waals surface area contributed by atoms with Gasteiger partial charge in [-0.3, -0.25) is 14.7 Å². The van der Waals surface area contributed by atoms with Gasteiger partial charge in [-0.1, -0.05) is 6.07 Å². The van der Waals surface area contributed by atoms with Crippen molar-refractivity contribution in [3.63, 3.8) is 0 Å². The number of nitrogens with zero attached hydrogens (tertiary/aromatic N) is 3. The zero-order valence-corrected chi connectivity index (χ0v) is 17.7. The number of aromatic nitrogens is 1. The summed E-state index contributed by atoms with van der Waals surface area (Å²) in [6, 6.07) is 6.13. The van der Waals surface area contributed by atoms with Crippen molar-refractivity contribution >= 4 is 11.9 Å². The highest BCUT2D eigenvalue weighted by Gasteiger charge is 2.39. The monoisotopic (exact) mass is 445 g/mol. The molecule has 1 spiro atoms. The molecule has 1 amide bonds. The number of aliphatic carboxylic acids is 1. The number of carbonyl (C=O) groups is 2. The summed E-state index contributed by atoms with van der Waals surface area (Å²) in [7, 11) is 1.65. The third kappa shape index (κ3) is 8.10. The van der Waals surface area contributed by atoms with Crippen molar-refractivity contribution in [3.05, 3.63) is 30.1 Å². The molecule has 0 aliphatic carbocycles. The second kappa shape index (κ2) is 11.4. The maximum absolute atomic E-state index is 12.1. The van der Waals surface area contributed by atoms with Gasteiger partial charge in [-0.15, -0.1) is 0 Å². The predicted octanol–water partition coefficient (Wildman–Crippen LogP) is 2.96. The van der Waals surface area contributed by atoms with E-state index in [4.69, 9.17) is 14.6 Å². The fraction of sp³-hybridized carbons (Fsp3) is 0.667. The number of hydrogen-bond acceptors (Lipinski definition) is 5. The summed E-state index contributed by atoms with van der Waals surface area (Å²) in [6.07, 6.45) is 2.12. The highest BCUT2D eigenvalue weighted by molar-refractivity contribution is 5.76. The molecule has 1 aromatic rings. The molecule has 3 heterocycles. The lowest BCUT2D eigenvalue weighted by molar-refractivity contribution is -0.192. The van der Waals surface area contributed by atoms with Crippen LogP contribution in [0.4, 0.5) is 13.2 Å². The van der Waals surface area contributed by atoms with Gasteiger partial charge in [-0.2, -0.15) is 13.2 Å². The lowest BCUT2D eigenvalue weighted by atomic mass is 9.71. The molecule has 1 N–H and O–H groups in total. The van der Waals surface area contributed by atoms with Gasteiger partial charge >= 0.3 is 12.1 Å². The summed E-state index contributed by atoms with van der Waals surface area (Å²) >= 11 is 0. The number of methoxy groups -OCH3 is 1. The van der Waals surface area contributed by atoms with Gasteiger partial charge in [0.15, 0.2) is 0 Å². The van der Waals surface area contributed by atoms with Crippen LogP contribution >= 0.6 is 0 Å². The Morgan fingerprint density at radius 2 is 1.71 bits per heavy atom. The van der Waals surface area contributed by atoms with Crippen molar-refractivity contribution in [2.75, 3.05) is 39.9 Å². The second-order valence-corrected chi connectivity index (χ2v) is 8.02. The van der Waals surface area contributed by atoms with Crippen molar-refractivity contribution in [1.29, 1.82) is 0 Å². The van der Waals surface area contributed by atoms with E-state index in [-0.39, 0.29) is 5.91 Å². The first kappa shape index (κ1) is 25.1. The first-order valence-corrected chi connectivity index (χ1v) is 10.3. The molecule has 0 aromatic carbocycles. The standard InChI is InChI=1S/C19H29N3O2.C2HF3O2/c1-24-15-5-18(23)22-13-8-19(9-14-22)6-11-21(12-7-19)16-17-4-2-3-10-20-17;3-2(4,5)1(6)7/h2-4,10H,5-9,11-16H2,1H3;(H,6,7). The molecule has 2 aliphatic rings. The highest BCUT2D eigenvalue weighted by atomic mass is 19.4. The molecule has 0 radical (unpaired) electrons. The van der Waals surface area contributed by atoms with E-state index in [9.17, 15) is 18.0 Å². The average Bonchev–Trinajstić information content (AvgIpc) is 2.75. The first-order chi connectivity index (χ1) is 14.6.